The lowest BCUT2D eigenvalue weighted by Gasteiger charge is -2.08. The molecule has 116 valence electrons. The van der Waals surface area contributed by atoms with Crippen molar-refractivity contribution in [2.45, 2.75) is 5.75 Å². The molecule has 1 aromatic heterocycles. The van der Waals surface area contributed by atoms with Gasteiger partial charge in [-0.25, -0.2) is 0 Å². The molecule has 0 atom stereocenters. The van der Waals surface area contributed by atoms with E-state index < -0.39 is 0 Å². The highest BCUT2D eigenvalue weighted by atomic mass is 35.5. The van der Waals surface area contributed by atoms with Crippen LogP contribution in [0.25, 0.3) is 0 Å². The number of amides is 1. The molecular formula is C16H18ClN3OS. The predicted molar refractivity (Wildman–Crippen MR) is 93.4 cm³/mol. The first-order valence-electron chi connectivity index (χ1n) is 6.97. The van der Waals surface area contributed by atoms with Gasteiger partial charge >= 0.3 is 0 Å². The Morgan fingerprint density at radius 2 is 2.05 bits per heavy atom. The molecule has 0 unspecified atom stereocenters. The van der Waals surface area contributed by atoms with Crippen molar-refractivity contribution in [2.75, 3.05) is 24.2 Å². The van der Waals surface area contributed by atoms with E-state index in [0.717, 1.165) is 22.0 Å². The third-order valence-corrected chi connectivity index (χ3v) is 4.24. The maximum Gasteiger partial charge on any atom is 0.230 e. The molecule has 0 bridgehead atoms. The van der Waals surface area contributed by atoms with Crippen LogP contribution >= 0.6 is 23.4 Å². The van der Waals surface area contributed by atoms with Crippen LogP contribution in [-0.2, 0) is 10.5 Å². The topological polar surface area (TPSA) is 54.0 Å². The number of rotatable bonds is 8. The zero-order valence-corrected chi connectivity index (χ0v) is 13.7. The summed E-state index contributed by atoms with van der Waals surface area (Å²) in [5.41, 5.74) is 2.00. The molecule has 0 saturated carbocycles. The smallest absolute Gasteiger partial charge is 0.230 e. The van der Waals surface area contributed by atoms with Gasteiger partial charge < -0.3 is 10.6 Å². The zero-order valence-electron chi connectivity index (χ0n) is 12.1. The van der Waals surface area contributed by atoms with Crippen LogP contribution in [0.5, 0.6) is 0 Å². The average molecular weight is 336 g/mol. The van der Waals surface area contributed by atoms with Crippen LogP contribution in [0, 0.1) is 0 Å². The first-order valence-corrected chi connectivity index (χ1v) is 8.51. The molecule has 0 radical (unpaired) electrons. The number of benzene rings is 1. The number of aromatic nitrogens is 1. The Balaban J connectivity index is 1.57. The Kier molecular flexibility index (Phi) is 7.06. The Morgan fingerprint density at radius 3 is 2.82 bits per heavy atom. The monoisotopic (exact) mass is 335 g/mol. The van der Waals surface area contributed by atoms with E-state index >= 15 is 0 Å². The summed E-state index contributed by atoms with van der Waals surface area (Å²) in [5.74, 6) is 1.20. The van der Waals surface area contributed by atoms with Crippen molar-refractivity contribution in [2.24, 2.45) is 0 Å². The van der Waals surface area contributed by atoms with E-state index in [0.29, 0.717) is 18.8 Å². The fourth-order valence-electron chi connectivity index (χ4n) is 1.80. The molecule has 1 amide bonds. The van der Waals surface area contributed by atoms with Gasteiger partial charge in [-0.05, 0) is 23.8 Å². The number of hydrogen-bond donors (Lipinski definition) is 2. The molecule has 0 aliphatic heterocycles. The van der Waals surface area contributed by atoms with Gasteiger partial charge in [0.05, 0.1) is 11.4 Å². The summed E-state index contributed by atoms with van der Waals surface area (Å²) in [7, 11) is 0. The number of nitrogens with zero attached hydrogens (tertiary/aromatic N) is 1. The summed E-state index contributed by atoms with van der Waals surface area (Å²) in [4.78, 5) is 15.7. The fraction of sp³-hybridized carbons (Fsp3) is 0.250. The molecule has 6 heteroatoms. The molecule has 4 nitrogen and oxygen atoms in total. The highest BCUT2D eigenvalue weighted by molar-refractivity contribution is 7.99. The second-order valence-corrected chi connectivity index (χ2v) is 6.00. The molecule has 0 aliphatic rings. The highest BCUT2D eigenvalue weighted by Crippen LogP contribution is 2.20. The predicted octanol–water partition coefficient (Wildman–Crippen LogP) is 3.20. The van der Waals surface area contributed by atoms with Crippen molar-refractivity contribution < 1.29 is 4.79 Å². The van der Waals surface area contributed by atoms with Gasteiger partial charge in [-0.3, -0.25) is 9.78 Å². The van der Waals surface area contributed by atoms with Gasteiger partial charge in [0.15, 0.2) is 0 Å². The van der Waals surface area contributed by atoms with Crippen molar-refractivity contribution >= 4 is 35.0 Å². The van der Waals surface area contributed by atoms with E-state index in [1.54, 1.807) is 24.2 Å². The van der Waals surface area contributed by atoms with Gasteiger partial charge in [0.2, 0.25) is 5.91 Å². The molecule has 0 saturated heterocycles. The number of carbonyl (C=O) groups is 1. The largest absolute Gasteiger partial charge is 0.382 e. The minimum absolute atomic E-state index is 0.0324. The van der Waals surface area contributed by atoms with Crippen molar-refractivity contribution in [3.63, 3.8) is 0 Å². The Morgan fingerprint density at radius 1 is 1.18 bits per heavy atom. The molecule has 2 N–H and O–H groups in total. The van der Waals surface area contributed by atoms with E-state index in [-0.39, 0.29) is 5.91 Å². The van der Waals surface area contributed by atoms with Gasteiger partial charge in [-0.15, -0.1) is 11.8 Å². The van der Waals surface area contributed by atoms with Crippen LogP contribution in [0.3, 0.4) is 0 Å². The minimum Gasteiger partial charge on any atom is -0.382 e. The summed E-state index contributed by atoms with van der Waals surface area (Å²) in [6.07, 6.45) is 3.48. The third-order valence-electron chi connectivity index (χ3n) is 2.89. The summed E-state index contributed by atoms with van der Waals surface area (Å²) < 4.78 is 0. The van der Waals surface area contributed by atoms with E-state index in [9.17, 15) is 4.79 Å². The van der Waals surface area contributed by atoms with E-state index in [1.807, 2.05) is 36.4 Å². The first-order chi connectivity index (χ1) is 10.8. The van der Waals surface area contributed by atoms with Crippen LogP contribution in [0.1, 0.15) is 5.56 Å². The molecule has 1 aromatic carbocycles. The number of carbonyl (C=O) groups excluding carboxylic acids is 1. The molecule has 0 spiro atoms. The number of halogens is 1. The highest BCUT2D eigenvalue weighted by Gasteiger charge is 2.03. The van der Waals surface area contributed by atoms with E-state index in [1.165, 1.54) is 0 Å². The summed E-state index contributed by atoms with van der Waals surface area (Å²) in [5, 5.41) is 6.81. The van der Waals surface area contributed by atoms with Crippen molar-refractivity contribution in [1.29, 1.82) is 0 Å². The van der Waals surface area contributed by atoms with Crippen molar-refractivity contribution in [1.82, 2.24) is 10.3 Å². The second-order valence-electron chi connectivity index (χ2n) is 4.60. The van der Waals surface area contributed by atoms with Crippen LogP contribution in [0.2, 0.25) is 5.02 Å². The van der Waals surface area contributed by atoms with Crippen LogP contribution in [0.4, 0.5) is 5.69 Å². The molecule has 0 aliphatic carbocycles. The van der Waals surface area contributed by atoms with Crippen LogP contribution in [-0.4, -0.2) is 29.7 Å². The maximum absolute atomic E-state index is 11.7. The third kappa shape index (κ3) is 5.95. The molecule has 1 heterocycles. The van der Waals surface area contributed by atoms with Gasteiger partial charge in [-0.1, -0.05) is 29.8 Å². The SMILES string of the molecule is O=C(CSCc1ccccc1Cl)NCCNc1cccnc1. The number of thioether (sulfide) groups is 1. The number of hydrogen-bond acceptors (Lipinski definition) is 4. The lowest BCUT2D eigenvalue weighted by molar-refractivity contribution is -0.118. The number of nitrogens with one attached hydrogen (secondary N) is 2. The first kappa shape index (κ1) is 16.6. The number of pyridine rings is 1. The lowest BCUT2D eigenvalue weighted by atomic mass is 10.2. The normalized spacial score (nSPS) is 10.2. The Labute approximate surface area is 139 Å². The average Bonchev–Trinajstić information content (AvgIpc) is 2.54. The summed E-state index contributed by atoms with van der Waals surface area (Å²) >= 11 is 7.63. The van der Waals surface area contributed by atoms with Gasteiger partial charge in [0, 0.05) is 36.3 Å². The Hall–Kier alpha value is -1.72. The van der Waals surface area contributed by atoms with Gasteiger partial charge in [0.1, 0.15) is 0 Å². The lowest BCUT2D eigenvalue weighted by Crippen LogP contribution is -2.30. The maximum atomic E-state index is 11.7. The molecule has 2 rings (SSSR count). The van der Waals surface area contributed by atoms with Crippen molar-refractivity contribution in [3.8, 4) is 0 Å². The van der Waals surface area contributed by atoms with E-state index in [2.05, 4.69) is 15.6 Å². The Bertz CT molecular complexity index is 595. The van der Waals surface area contributed by atoms with Crippen LogP contribution < -0.4 is 10.6 Å². The molecule has 0 fully saturated rings. The quantitative estimate of drug-likeness (QED) is 0.727. The van der Waals surface area contributed by atoms with Crippen LogP contribution in [0.15, 0.2) is 48.8 Å². The second kappa shape index (κ2) is 9.33. The van der Waals surface area contributed by atoms with Gasteiger partial charge in [-0.2, -0.15) is 0 Å². The standard InChI is InChI=1S/C16H18ClN3OS/c17-15-6-2-1-4-13(15)11-22-12-16(21)20-9-8-19-14-5-3-7-18-10-14/h1-7,10,19H,8-9,11-12H2,(H,20,21). The van der Waals surface area contributed by atoms with E-state index in [4.69, 9.17) is 11.6 Å². The molecule has 22 heavy (non-hydrogen) atoms. The zero-order chi connectivity index (χ0) is 15.6. The fourth-order valence-corrected chi connectivity index (χ4v) is 2.94. The minimum atomic E-state index is 0.0324. The molecular weight excluding hydrogens is 318 g/mol. The molecule has 2 aromatic rings. The summed E-state index contributed by atoms with van der Waals surface area (Å²) in [6, 6.07) is 11.5. The van der Waals surface area contributed by atoms with Gasteiger partial charge in [0.25, 0.3) is 0 Å². The number of anilines is 1. The summed E-state index contributed by atoms with van der Waals surface area (Å²) in [6.45, 7) is 1.26. The van der Waals surface area contributed by atoms with Crippen molar-refractivity contribution in [3.05, 3.63) is 59.4 Å².